The molecule has 3 aromatic rings. The molecule has 124 valence electrons. The second-order valence-electron chi connectivity index (χ2n) is 5.61. The molecule has 0 saturated carbocycles. The first-order chi connectivity index (χ1) is 11.5. The van der Waals surface area contributed by atoms with E-state index in [-0.39, 0.29) is 5.91 Å². The van der Waals surface area contributed by atoms with Crippen LogP contribution in [0.1, 0.15) is 31.8 Å². The molecule has 0 aliphatic heterocycles. The number of aromatic nitrogens is 3. The third kappa shape index (κ3) is 3.27. The minimum absolute atomic E-state index is 0.163. The molecule has 0 radical (unpaired) electrons. The number of amides is 1. The molecule has 0 spiro atoms. The molecule has 1 amide bonds. The van der Waals surface area contributed by atoms with E-state index in [9.17, 15) is 4.79 Å². The standard InChI is InChI=1S/C17H19N5OS/c1-9-10(2)20-14-8-12(4-5-13(14)19-9)22-17(23)16-11(3)21-15(24-16)6-7-18/h4-5,8H,6-7,18H2,1-3H3,(H,22,23). The Hall–Kier alpha value is -2.38. The largest absolute Gasteiger partial charge is 0.330 e. The molecule has 2 heterocycles. The van der Waals surface area contributed by atoms with E-state index in [1.807, 2.05) is 39.0 Å². The second-order valence-corrected chi connectivity index (χ2v) is 6.70. The lowest BCUT2D eigenvalue weighted by Crippen LogP contribution is -2.11. The van der Waals surface area contributed by atoms with Crippen molar-refractivity contribution in [2.45, 2.75) is 27.2 Å². The zero-order valence-electron chi connectivity index (χ0n) is 13.9. The van der Waals surface area contributed by atoms with Crippen LogP contribution < -0.4 is 11.1 Å². The normalized spacial score (nSPS) is 11.0. The van der Waals surface area contributed by atoms with Crippen molar-refractivity contribution in [3.63, 3.8) is 0 Å². The molecular formula is C17H19N5OS. The van der Waals surface area contributed by atoms with Gasteiger partial charge in [0.25, 0.3) is 5.91 Å². The lowest BCUT2D eigenvalue weighted by Gasteiger charge is -2.07. The van der Waals surface area contributed by atoms with Gasteiger partial charge in [-0.2, -0.15) is 0 Å². The molecule has 0 fully saturated rings. The predicted molar refractivity (Wildman–Crippen MR) is 96.6 cm³/mol. The van der Waals surface area contributed by atoms with Crippen LogP contribution in [0.5, 0.6) is 0 Å². The lowest BCUT2D eigenvalue weighted by atomic mass is 10.2. The Kier molecular flexibility index (Phi) is 4.55. The highest BCUT2D eigenvalue weighted by molar-refractivity contribution is 7.13. The van der Waals surface area contributed by atoms with E-state index in [4.69, 9.17) is 5.73 Å². The zero-order valence-corrected chi connectivity index (χ0v) is 14.7. The van der Waals surface area contributed by atoms with Gasteiger partial charge in [-0.15, -0.1) is 11.3 Å². The topological polar surface area (TPSA) is 93.8 Å². The fourth-order valence-corrected chi connectivity index (χ4v) is 3.36. The van der Waals surface area contributed by atoms with E-state index in [2.05, 4.69) is 20.3 Å². The Labute approximate surface area is 144 Å². The van der Waals surface area contributed by atoms with Crippen LogP contribution in [-0.2, 0) is 6.42 Å². The molecule has 2 aromatic heterocycles. The van der Waals surface area contributed by atoms with Gasteiger partial charge in [0.05, 0.1) is 33.1 Å². The lowest BCUT2D eigenvalue weighted by molar-refractivity contribution is 0.103. The highest BCUT2D eigenvalue weighted by atomic mass is 32.1. The fraction of sp³-hybridized carbons (Fsp3) is 0.294. The number of carbonyl (C=O) groups excluding carboxylic acids is 1. The maximum atomic E-state index is 12.5. The van der Waals surface area contributed by atoms with Crippen LogP contribution in [0.15, 0.2) is 18.2 Å². The van der Waals surface area contributed by atoms with Crippen molar-refractivity contribution in [2.75, 3.05) is 11.9 Å². The summed E-state index contributed by atoms with van der Waals surface area (Å²) in [4.78, 5) is 26.5. The average Bonchev–Trinajstić information content (AvgIpc) is 2.90. The minimum atomic E-state index is -0.163. The molecule has 0 aliphatic carbocycles. The Morgan fingerprint density at radius 2 is 1.79 bits per heavy atom. The van der Waals surface area contributed by atoms with Crippen LogP contribution in [0, 0.1) is 20.8 Å². The highest BCUT2D eigenvalue weighted by Crippen LogP contribution is 2.22. The van der Waals surface area contributed by atoms with Gasteiger partial charge in [-0.25, -0.2) is 15.0 Å². The first-order valence-electron chi connectivity index (χ1n) is 7.70. The Bertz CT molecular complexity index is 919. The number of aryl methyl sites for hydroxylation is 3. The summed E-state index contributed by atoms with van der Waals surface area (Å²) in [5.41, 5.74) is 10.3. The van der Waals surface area contributed by atoms with Crippen LogP contribution in [0.25, 0.3) is 11.0 Å². The van der Waals surface area contributed by atoms with Gasteiger partial charge in [-0.05, 0) is 45.5 Å². The molecule has 7 heteroatoms. The molecule has 24 heavy (non-hydrogen) atoms. The summed E-state index contributed by atoms with van der Waals surface area (Å²) < 4.78 is 0. The summed E-state index contributed by atoms with van der Waals surface area (Å²) in [6.07, 6.45) is 0.684. The van der Waals surface area contributed by atoms with Crippen LogP contribution in [0.3, 0.4) is 0 Å². The van der Waals surface area contributed by atoms with Crippen molar-refractivity contribution in [1.29, 1.82) is 0 Å². The number of carbonyl (C=O) groups is 1. The molecule has 3 rings (SSSR count). The van der Waals surface area contributed by atoms with Crippen molar-refractivity contribution >= 4 is 34.0 Å². The molecule has 6 nitrogen and oxygen atoms in total. The third-order valence-corrected chi connectivity index (χ3v) is 4.95. The quantitative estimate of drug-likeness (QED) is 0.761. The summed E-state index contributed by atoms with van der Waals surface area (Å²) in [6, 6.07) is 5.54. The number of benzene rings is 1. The van der Waals surface area contributed by atoms with Gasteiger partial charge in [-0.1, -0.05) is 0 Å². The number of hydrogen-bond donors (Lipinski definition) is 2. The maximum absolute atomic E-state index is 12.5. The van der Waals surface area contributed by atoms with Gasteiger partial charge < -0.3 is 11.1 Å². The van der Waals surface area contributed by atoms with Crippen molar-refractivity contribution in [3.05, 3.63) is 45.2 Å². The van der Waals surface area contributed by atoms with E-state index in [1.54, 1.807) is 0 Å². The summed E-state index contributed by atoms with van der Waals surface area (Å²) >= 11 is 1.39. The number of hydrogen-bond acceptors (Lipinski definition) is 6. The zero-order chi connectivity index (χ0) is 17.3. The number of thiazole rings is 1. The number of fused-ring (bicyclic) bond motifs is 1. The Morgan fingerprint density at radius 1 is 1.08 bits per heavy atom. The van der Waals surface area contributed by atoms with Crippen LogP contribution in [0.4, 0.5) is 5.69 Å². The molecule has 0 unspecified atom stereocenters. The first-order valence-corrected chi connectivity index (χ1v) is 8.52. The summed E-state index contributed by atoms with van der Waals surface area (Å²) in [5.74, 6) is -0.163. The van der Waals surface area contributed by atoms with Crippen molar-refractivity contribution in [3.8, 4) is 0 Å². The highest BCUT2D eigenvalue weighted by Gasteiger charge is 2.15. The number of nitrogens with two attached hydrogens (primary N) is 1. The number of nitrogens with one attached hydrogen (secondary N) is 1. The predicted octanol–water partition coefficient (Wildman–Crippen LogP) is 2.77. The van der Waals surface area contributed by atoms with Gasteiger partial charge in [0, 0.05) is 12.1 Å². The van der Waals surface area contributed by atoms with Crippen molar-refractivity contribution in [2.24, 2.45) is 5.73 Å². The van der Waals surface area contributed by atoms with Gasteiger partial charge in [0.15, 0.2) is 0 Å². The molecule has 0 atom stereocenters. The average molecular weight is 341 g/mol. The Balaban J connectivity index is 1.86. The van der Waals surface area contributed by atoms with E-state index in [0.29, 0.717) is 23.5 Å². The molecule has 0 aliphatic rings. The first kappa shape index (κ1) is 16.5. The van der Waals surface area contributed by atoms with Gasteiger partial charge in [-0.3, -0.25) is 4.79 Å². The van der Waals surface area contributed by atoms with Gasteiger partial charge in [0.1, 0.15) is 4.88 Å². The summed E-state index contributed by atoms with van der Waals surface area (Å²) in [7, 11) is 0. The second kappa shape index (κ2) is 6.62. The van der Waals surface area contributed by atoms with Gasteiger partial charge >= 0.3 is 0 Å². The van der Waals surface area contributed by atoms with E-state index < -0.39 is 0 Å². The minimum Gasteiger partial charge on any atom is -0.330 e. The van der Waals surface area contributed by atoms with Crippen molar-refractivity contribution in [1.82, 2.24) is 15.0 Å². The molecule has 3 N–H and O–H groups in total. The number of nitrogens with zero attached hydrogens (tertiary/aromatic N) is 3. The third-order valence-electron chi connectivity index (χ3n) is 3.74. The van der Waals surface area contributed by atoms with E-state index in [1.165, 1.54) is 11.3 Å². The summed E-state index contributed by atoms with van der Waals surface area (Å²) in [5, 5.41) is 3.80. The van der Waals surface area contributed by atoms with E-state index in [0.717, 1.165) is 33.1 Å². The molecule has 1 aromatic carbocycles. The smallest absolute Gasteiger partial charge is 0.267 e. The molecule has 0 saturated heterocycles. The molecular weight excluding hydrogens is 322 g/mol. The Morgan fingerprint density at radius 3 is 2.50 bits per heavy atom. The van der Waals surface area contributed by atoms with E-state index >= 15 is 0 Å². The van der Waals surface area contributed by atoms with Crippen LogP contribution in [0.2, 0.25) is 0 Å². The monoisotopic (exact) mass is 341 g/mol. The number of rotatable bonds is 4. The van der Waals surface area contributed by atoms with Crippen LogP contribution in [-0.4, -0.2) is 27.4 Å². The summed E-state index contributed by atoms with van der Waals surface area (Å²) in [6.45, 7) is 6.22. The van der Waals surface area contributed by atoms with Crippen molar-refractivity contribution < 1.29 is 4.79 Å². The molecule has 0 bridgehead atoms. The maximum Gasteiger partial charge on any atom is 0.267 e. The number of anilines is 1. The van der Waals surface area contributed by atoms with Gasteiger partial charge in [0.2, 0.25) is 0 Å². The van der Waals surface area contributed by atoms with Crippen LogP contribution >= 0.6 is 11.3 Å². The fourth-order valence-electron chi connectivity index (χ4n) is 2.39. The SMILES string of the molecule is Cc1nc2ccc(NC(=O)c3sc(CCN)nc3C)cc2nc1C.